The van der Waals surface area contributed by atoms with Crippen LogP contribution in [0.5, 0.6) is 0 Å². The van der Waals surface area contributed by atoms with Crippen molar-refractivity contribution in [3.8, 4) is 0 Å². The highest BCUT2D eigenvalue weighted by Crippen LogP contribution is 2.39. The Balaban J connectivity index is 2.26. The summed E-state index contributed by atoms with van der Waals surface area (Å²) in [6.07, 6.45) is 2.15. The van der Waals surface area contributed by atoms with Crippen molar-refractivity contribution < 1.29 is 19.4 Å². The van der Waals surface area contributed by atoms with Crippen molar-refractivity contribution in [2.75, 3.05) is 20.1 Å². The van der Waals surface area contributed by atoms with E-state index in [0.29, 0.717) is 25.9 Å². The van der Waals surface area contributed by atoms with Crippen molar-refractivity contribution in [2.24, 2.45) is 0 Å². The lowest BCUT2D eigenvalue weighted by atomic mass is 9.85. The second-order valence-corrected chi connectivity index (χ2v) is 7.22. The van der Waals surface area contributed by atoms with E-state index in [0.717, 1.165) is 12.8 Å². The Labute approximate surface area is 126 Å². The first-order chi connectivity index (χ1) is 9.66. The van der Waals surface area contributed by atoms with E-state index in [1.165, 1.54) is 4.90 Å². The SMILES string of the molecule is CN1CCC(C(=O)O)(N(C(=O)OC(C)(C)C)C2CC2)CC1. The van der Waals surface area contributed by atoms with Crippen LogP contribution in [-0.4, -0.2) is 64.3 Å². The topological polar surface area (TPSA) is 70.1 Å². The molecule has 6 nitrogen and oxygen atoms in total. The minimum Gasteiger partial charge on any atom is -0.479 e. The van der Waals surface area contributed by atoms with Crippen LogP contribution >= 0.6 is 0 Å². The van der Waals surface area contributed by atoms with Gasteiger partial charge >= 0.3 is 12.1 Å². The minimum atomic E-state index is -1.12. The van der Waals surface area contributed by atoms with Gasteiger partial charge in [0.1, 0.15) is 11.1 Å². The summed E-state index contributed by atoms with van der Waals surface area (Å²) >= 11 is 0. The quantitative estimate of drug-likeness (QED) is 0.862. The van der Waals surface area contributed by atoms with Crippen LogP contribution in [0, 0.1) is 0 Å². The third kappa shape index (κ3) is 3.48. The lowest BCUT2D eigenvalue weighted by Gasteiger charge is -2.45. The van der Waals surface area contributed by atoms with Crippen LogP contribution < -0.4 is 0 Å². The Bertz CT molecular complexity index is 418. The van der Waals surface area contributed by atoms with Crippen molar-refractivity contribution >= 4 is 12.1 Å². The lowest BCUT2D eigenvalue weighted by molar-refractivity contribution is -0.155. The summed E-state index contributed by atoms with van der Waals surface area (Å²) in [5, 5.41) is 9.80. The molecule has 0 aromatic carbocycles. The van der Waals surface area contributed by atoms with Gasteiger partial charge in [0.2, 0.25) is 0 Å². The van der Waals surface area contributed by atoms with Gasteiger partial charge in [0, 0.05) is 19.1 Å². The first-order valence-electron chi connectivity index (χ1n) is 7.60. The van der Waals surface area contributed by atoms with Crippen LogP contribution in [0.4, 0.5) is 4.79 Å². The maximum Gasteiger partial charge on any atom is 0.411 e. The molecule has 2 fully saturated rings. The number of carbonyl (C=O) groups excluding carboxylic acids is 1. The molecular weight excluding hydrogens is 272 g/mol. The highest BCUT2D eigenvalue weighted by atomic mass is 16.6. The molecule has 1 saturated carbocycles. The Hall–Kier alpha value is -1.30. The van der Waals surface area contributed by atoms with Crippen LogP contribution in [0.3, 0.4) is 0 Å². The van der Waals surface area contributed by atoms with Crippen molar-refractivity contribution in [1.29, 1.82) is 0 Å². The Kier molecular flexibility index (Phi) is 4.19. The molecule has 0 spiro atoms. The van der Waals surface area contributed by atoms with Crippen LogP contribution in [0.25, 0.3) is 0 Å². The highest BCUT2D eigenvalue weighted by molar-refractivity contribution is 5.85. The summed E-state index contributed by atoms with van der Waals surface area (Å²) in [5.41, 5.74) is -1.73. The molecule has 120 valence electrons. The summed E-state index contributed by atoms with van der Waals surface area (Å²) < 4.78 is 5.47. The average molecular weight is 298 g/mol. The maximum absolute atomic E-state index is 12.6. The van der Waals surface area contributed by atoms with Crippen molar-refractivity contribution in [2.45, 2.75) is 63.6 Å². The smallest absolute Gasteiger partial charge is 0.411 e. The average Bonchev–Trinajstić information content (AvgIpc) is 3.14. The van der Waals surface area contributed by atoms with E-state index >= 15 is 0 Å². The third-order valence-electron chi connectivity index (χ3n) is 4.18. The van der Waals surface area contributed by atoms with Gasteiger partial charge in [0.05, 0.1) is 0 Å². The monoisotopic (exact) mass is 298 g/mol. The second kappa shape index (κ2) is 5.48. The van der Waals surface area contributed by atoms with Gasteiger partial charge in [-0.1, -0.05) is 0 Å². The summed E-state index contributed by atoms with van der Waals surface area (Å²) in [4.78, 5) is 28.1. The van der Waals surface area contributed by atoms with Crippen LogP contribution in [0.15, 0.2) is 0 Å². The number of rotatable bonds is 3. The van der Waals surface area contributed by atoms with Gasteiger partial charge in [0.25, 0.3) is 0 Å². The molecule has 1 amide bonds. The zero-order chi connectivity index (χ0) is 15.8. The molecule has 1 aliphatic heterocycles. The molecule has 1 aliphatic carbocycles. The van der Waals surface area contributed by atoms with Gasteiger partial charge in [-0.05, 0) is 53.5 Å². The number of carboxylic acid groups (broad SMARTS) is 1. The van der Waals surface area contributed by atoms with Crippen LogP contribution in [0.2, 0.25) is 0 Å². The van der Waals surface area contributed by atoms with Crippen molar-refractivity contribution in [3.63, 3.8) is 0 Å². The van der Waals surface area contributed by atoms with E-state index < -0.39 is 23.2 Å². The molecule has 6 heteroatoms. The lowest BCUT2D eigenvalue weighted by Crippen LogP contribution is -2.62. The first-order valence-corrected chi connectivity index (χ1v) is 7.60. The Morgan fingerprint density at radius 1 is 1.24 bits per heavy atom. The predicted octanol–water partition coefficient (Wildman–Crippen LogP) is 1.93. The van der Waals surface area contributed by atoms with E-state index in [1.54, 1.807) is 20.8 Å². The molecule has 0 aromatic heterocycles. The Morgan fingerprint density at radius 3 is 2.14 bits per heavy atom. The summed E-state index contributed by atoms with van der Waals surface area (Å²) in [6, 6.07) is 0.0133. The molecule has 1 N–H and O–H groups in total. The van der Waals surface area contributed by atoms with E-state index in [2.05, 4.69) is 4.90 Å². The van der Waals surface area contributed by atoms with E-state index in [4.69, 9.17) is 4.74 Å². The molecule has 2 rings (SSSR count). The van der Waals surface area contributed by atoms with Gasteiger partial charge in [-0.2, -0.15) is 0 Å². The number of amides is 1. The minimum absolute atomic E-state index is 0.0133. The zero-order valence-electron chi connectivity index (χ0n) is 13.4. The predicted molar refractivity (Wildman–Crippen MR) is 78.2 cm³/mol. The molecule has 1 saturated heterocycles. The Morgan fingerprint density at radius 2 is 1.76 bits per heavy atom. The molecular formula is C15H26N2O4. The molecule has 0 unspecified atom stereocenters. The number of ether oxygens (including phenoxy) is 1. The molecule has 0 atom stereocenters. The molecule has 0 bridgehead atoms. The summed E-state index contributed by atoms with van der Waals surface area (Å²) in [6.45, 7) is 6.77. The number of carbonyl (C=O) groups is 2. The van der Waals surface area contributed by atoms with E-state index in [1.807, 2.05) is 7.05 Å². The second-order valence-electron chi connectivity index (χ2n) is 7.22. The number of hydrogen-bond acceptors (Lipinski definition) is 4. The van der Waals surface area contributed by atoms with Gasteiger partial charge < -0.3 is 14.7 Å². The van der Waals surface area contributed by atoms with Crippen molar-refractivity contribution in [1.82, 2.24) is 9.80 Å². The van der Waals surface area contributed by atoms with Gasteiger partial charge in [-0.3, -0.25) is 4.90 Å². The van der Waals surface area contributed by atoms with Gasteiger partial charge in [-0.15, -0.1) is 0 Å². The molecule has 0 radical (unpaired) electrons. The third-order valence-corrected chi connectivity index (χ3v) is 4.18. The van der Waals surface area contributed by atoms with Crippen molar-refractivity contribution in [3.05, 3.63) is 0 Å². The number of aliphatic carboxylic acids is 1. The molecule has 0 aromatic rings. The number of piperidine rings is 1. The number of likely N-dealkylation sites (tertiary alicyclic amines) is 1. The molecule has 1 heterocycles. The van der Waals surface area contributed by atoms with E-state index in [-0.39, 0.29) is 6.04 Å². The highest BCUT2D eigenvalue weighted by Gasteiger charge is 2.54. The summed E-state index contributed by atoms with van der Waals surface area (Å²) in [7, 11) is 1.97. The molecule has 2 aliphatic rings. The standard InChI is InChI=1S/C15H26N2O4/c1-14(2,3)21-13(20)17(11-5-6-11)15(12(18)19)7-9-16(4)10-8-15/h11H,5-10H2,1-4H3,(H,18,19). The largest absolute Gasteiger partial charge is 0.479 e. The number of nitrogens with zero attached hydrogens (tertiary/aromatic N) is 2. The van der Waals surface area contributed by atoms with E-state index in [9.17, 15) is 14.7 Å². The first kappa shape index (κ1) is 16.1. The van der Waals surface area contributed by atoms with Gasteiger partial charge in [-0.25, -0.2) is 9.59 Å². The van der Waals surface area contributed by atoms with Crippen LogP contribution in [0.1, 0.15) is 46.5 Å². The van der Waals surface area contributed by atoms with Gasteiger partial charge in [0.15, 0.2) is 0 Å². The fourth-order valence-corrected chi connectivity index (χ4v) is 2.86. The number of carboxylic acids is 1. The molecule has 21 heavy (non-hydrogen) atoms. The fourth-order valence-electron chi connectivity index (χ4n) is 2.86. The number of hydrogen-bond donors (Lipinski definition) is 1. The maximum atomic E-state index is 12.6. The van der Waals surface area contributed by atoms with Crippen LogP contribution in [-0.2, 0) is 9.53 Å². The fraction of sp³-hybridized carbons (Fsp3) is 0.867. The summed E-state index contributed by atoms with van der Waals surface area (Å²) in [5.74, 6) is -0.909. The zero-order valence-corrected chi connectivity index (χ0v) is 13.4. The normalized spacial score (nSPS) is 22.7.